The van der Waals surface area contributed by atoms with Gasteiger partial charge < -0.3 is 9.52 Å². The Morgan fingerprint density at radius 2 is 2.11 bits per heavy atom. The van der Waals surface area contributed by atoms with Crippen molar-refractivity contribution in [3.05, 3.63) is 50.8 Å². The standard InChI is InChI=1S/C13H9BrO4/c1-7(15)4-11(16)10-6-8-5-9(14)2-3-12(8)18-13(10)17/h2-6,16H,1H3. The van der Waals surface area contributed by atoms with Crippen molar-refractivity contribution in [3.8, 4) is 0 Å². The number of carbonyl (C=O) groups excluding carboxylic acids is 1. The number of aliphatic hydroxyl groups excluding tert-OH is 1. The highest BCUT2D eigenvalue weighted by molar-refractivity contribution is 9.10. The molecule has 1 N–H and O–H groups in total. The van der Waals surface area contributed by atoms with Crippen LogP contribution in [-0.2, 0) is 4.79 Å². The van der Waals surface area contributed by atoms with Crippen molar-refractivity contribution in [3.63, 3.8) is 0 Å². The fourth-order valence-corrected chi connectivity index (χ4v) is 1.92. The molecule has 0 saturated carbocycles. The highest BCUT2D eigenvalue weighted by Gasteiger charge is 2.10. The van der Waals surface area contributed by atoms with Crippen LogP contribution in [0.5, 0.6) is 0 Å². The van der Waals surface area contributed by atoms with Gasteiger partial charge in [-0.05, 0) is 31.2 Å². The van der Waals surface area contributed by atoms with Crippen LogP contribution in [0.2, 0.25) is 0 Å². The van der Waals surface area contributed by atoms with Gasteiger partial charge in [0.25, 0.3) is 0 Å². The largest absolute Gasteiger partial charge is 0.507 e. The number of aliphatic hydroxyl groups is 1. The summed E-state index contributed by atoms with van der Waals surface area (Å²) in [6, 6.07) is 6.63. The van der Waals surface area contributed by atoms with E-state index in [-0.39, 0.29) is 11.3 Å². The van der Waals surface area contributed by atoms with Crippen molar-refractivity contribution in [2.24, 2.45) is 0 Å². The molecule has 0 fully saturated rings. The van der Waals surface area contributed by atoms with Crippen LogP contribution in [0.4, 0.5) is 0 Å². The number of ketones is 1. The molecule has 0 radical (unpaired) electrons. The second-order valence-electron chi connectivity index (χ2n) is 3.77. The predicted molar refractivity (Wildman–Crippen MR) is 71.5 cm³/mol. The average molecular weight is 309 g/mol. The lowest BCUT2D eigenvalue weighted by molar-refractivity contribution is -0.112. The lowest BCUT2D eigenvalue weighted by Crippen LogP contribution is -2.07. The molecule has 18 heavy (non-hydrogen) atoms. The molecule has 1 aromatic heterocycles. The first-order chi connectivity index (χ1) is 8.47. The van der Waals surface area contributed by atoms with E-state index in [2.05, 4.69) is 15.9 Å². The summed E-state index contributed by atoms with van der Waals surface area (Å²) in [5, 5.41) is 10.3. The molecule has 1 heterocycles. The zero-order valence-electron chi connectivity index (χ0n) is 9.44. The van der Waals surface area contributed by atoms with Crippen LogP contribution >= 0.6 is 15.9 Å². The van der Waals surface area contributed by atoms with Crippen LogP contribution in [0.3, 0.4) is 0 Å². The molecule has 0 unspecified atom stereocenters. The van der Waals surface area contributed by atoms with Gasteiger partial charge in [-0.25, -0.2) is 4.79 Å². The molecule has 5 heteroatoms. The Morgan fingerprint density at radius 3 is 2.78 bits per heavy atom. The van der Waals surface area contributed by atoms with Gasteiger partial charge in [0.2, 0.25) is 0 Å². The smallest absolute Gasteiger partial charge is 0.347 e. The topological polar surface area (TPSA) is 67.5 Å². The minimum atomic E-state index is -0.681. The highest BCUT2D eigenvalue weighted by Crippen LogP contribution is 2.21. The minimum absolute atomic E-state index is 0.0317. The van der Waals surface area contributed by atoms with Gasteiger partial charge in [-0.3, -0.25) is 4.79 Å². The molecule has 0 atom stereocenters. The first-order valence-corrected chi connectivity index (χ1v) is 5.91. The molecule has 0 spiro atoms. The fraction of sp³-hybridized carbons (Fsp3) is 0.0769. The maximum absolute atomic E-state index is 11.7. The molecule has 0 aliphatic heterocycles. The van der Waals surface area contributed by atoms with Crippen molar-refractivity contribution in [1.82, 2.24) is 0 Å². The van der Waals surface area contributed by atoms with Crippen LogP contribution in [0.15, 0.2) is 44.0 Å². The van der Waals surface area contributed by atoms with E-state index >= 15 is 0 Å². The van der Waals surface area contributed by atoms with Gasteiger partial charge in [0.15, 0.2) is 5.78 Å². The van der Waals surface area contributed by atoms with Crippen LogP contribution in [0.1, 0.15) is 12.5 Å². The molecule has 0 saturated heterocycles. The molecule has 2 aromatic rings. The summed E-state index contributed by atoms with van der Waals surface area (Å²) in [4.78, 5) is 22.5. The molecule has 0 bridgehead atoms. The number of allylic oxidation sites excluding steroid dienone is 1. The number of rotatable bonds is 2. The molecule has 4 nitrogen and oxygen atoms in total. The predicted octanol–water partition coefficient (Wildman–Crippen LogP) is 3.04. The van der Waals surface area contributed by atoms with E-state index in [0.29, 0.717) is 11.0 Å². The molecule has 0 aliphatic rings. The Balaban J connectivity index is 2.69. The Hall–Kier alpha value is -1.88. The summed E-state index contributed by atoms with van der Waals surface area (Å²) < 4.78 is 5.89. The van der Waals surface area contributed by atoms with Crippen molar-refractivity contribution in [2.45, 2.75) is 6.92 Å². The van der Waals surface area contributed by atoms with Crippen LogP contribution in [-0.4, -0.2) is 10.9 Å². The third-order valence-corrected chi connectivity index (χ3v) is 2.80. The normalized spacial score (nSPS) is 11.8. The van der Waals surface area contributed by atoms with Crippen LogP contribution in [0, 0.1) is 0 Å². The SMILES string of the molecule is CC(=O)C=C(O)c1cc2cc(Br)ccc2oc1=O. The van der Waals surface area contributed by atoms with Crippen molar-refractivity contribution < 1.29 is 14.3 Å². The van der Waals surface area contributed by atoms with Crippen LogP contribution < -0.4 is 5.63 Å². The summed E-state index contributed by atoms with van der Waals surface area (Å²) in [6.45, 7) is 1.29. The summed E-state index contributed by atoms with van der Waals surface area (Å²) in [5.74, 6) is -0.737. The third kappa shape index (κ3) is 2.51. The van der Waals surface area contributed by atoms with Gasteiger partial charge in [-0.2, -0.15) is 0 Å². The first-order valence-electron chi connectivity index (χ1n) is 5.12. The number of hydrogen-bond donors (Lipinski definition) is 1. The number of hydrogen-bond acceptors (Lipinski definition) is 4. The molecule has 1 aromatic carbocycles. The van der Waals surface area contributed by atoms with Gasteiger partial charge >= 0.3 is 5.63 Å². The Bertz CT molecular complexity index is 712. The van der Waals surface area contributed by atoms with Gasteiger partial charge in [-0.15, -0.1) is 0 Å². The Morgan fingerprint density at radius 1 is 1.39 bits per heavy atom. The van der Waals surface area contributed by atoms with E-state index in [4.69, 9.17) is 4.42 Å². The zero-order chi connectivity index (χ0) is 13.3. The molecular formula is C13H9BrO4. The molecule has 92 valence electrons. The summed E-state index contributed by atoms with van der Waals surface area (Å²) in [7, 11) is 0. The minimum Gasteiger partial charge on any atom is -0.507 e. The number of halogens is 1. The molecule has 0 aliphatic carbocycles. The van der Waals surface area contributed by atoms with E-state index in [1.165, 1.54) is 13.0 Å². The number of carbonyl (C=O) groups is 1. The van der Waals surface area contributed by atoms with Crippen molar-refractivity contribution >= 4 is 38.4 Å². The van der Waals surface area contributed by atoms with Crippen molar-refractivity contribution in [2.75, 3.05) is 0 Å². The molecular weight excluding hydrogens is 300 g/mol. The average Bonchev–Trinajstić information content (AvgIpc) is 2.27. The highest BCUT2D eigenvalue weighted by atomic mass is 79.9. The maximum Gasteiger partial charge on any atom is 0.347 e. The van der Waals surface area contributed by atoms with E-state index in [1.54, 1.807) is 18.2 Å². The third-order valence-electron chi connectivity index (χ3n) is 2.31. The first kappa shape index (κ1) is 12.6. The summed E-state index contributed by atoms with van der Waals surface area (Å²) >= 11 is 3.30. The van der Waals surface area contributed by atoms with Gasteiger partial charge in [0.05, 0.1) is 0 Å². The number of fused-ring (bicyclic) bond motifs is 1. The second kappa shape index (κ2) is 4.78. The van der Waals surface area contributed by atoms with Gasteiger partial charge in [-0.1, -0.05) is 15.9 Å². The number of benzene rings is 1. The Labute approximate surface area is 111 Å². The van der Waals surface area contributed by atoms with Gasteiger partial charge in [0, 0.05) is 15.9 Å². The van der Waals surface area contributed by atoms with E-state index in [9.17, 15) is 14.7 Å². The Kier molecular flexibility index (Phi) is 3.34. The zero-order valence-corrected chi connectivity index (χ0v) is 11.0. The second-order valence-corrected chi connectivity index (χ2v) is 4.69. The van der Waals surface area contributed by atoms with E-state index in [0.717, 1.165) is 10.5 Å². The monoisotopic (exact) mass is 308 g/mol. The van der Waals surface area contributed by atoms with Gasteiger partial charge in [0.1, 0.15) is 16.9 Å². The molecule has 2 rings (SSSR count). The lowest BCUT2D eigenvalue weighted by Gasteiger charge is -2.01. The summed E-state index contributed by atoms with van der Waals surface area (Å²) in [6.07, 6.45) is 0.982. The van der Waals surface area contributed by atoms with E-state index < -0.39 is 11.4 Å². The summed E-state index contributed by atoms with van der Waals surface area (Å²) in [5.41, 5.74) is -0.293. The fourth-order valence-electron chi connectivity index (χ4n) is 1.54. The van der Waals surface area contributed by atoms with Crippen LogP contribution in [0.25, 0.3) is 16.7 Å². The van der Waals surface area contributed by atoms with Crippen molar-refractivity contribution in [1.29, 1.82) is 0 Å². The van der Waals surface area contributed by atoms with E-state index in [1.807, 2.05) is 0 Å². The molecule has 0 amide bonds. The quantitative estimate of drug-likeness (QED) is 0.526. The maximum atomic E-state index is 11.7. The lowest BCUT2D eigenvalue weighted by atomic mass is 10.1.